The molecule has 0 amide bonds. The second-order valence-electron chi connectivity index (χ2n) is 5.75. The molecule has 0 aliphatic carbocycles. The van der Waals surface area contributed by atoms with Gasteiger partial charge in [0.15, 0.2) is 11.5 Å². The lowest BCUT2D eigenvalue weighted by Crippen LogP contribution is -2.16. The second kappa shape index (κ2) is 13.2. The Hall–Kier alpha value is -0.980. The quantitative estimate of drug-likeness (QED) is 0.425. The summed E-state index contributed by atoms with van der Waals surface area (Å²) in [5.74, 6) is 1.40. The molecular formula is C20H26BrCl2NO3. The Bertz CT molecular complexity index is 684. The number of hydrogen-bond acceptors (Lipinski definition) is 4. The minimum Gasteiger partial charge on any atom is -0.493 e. The molecule has 0 saturated heterocycles. The van der Waals surface area contributed by atoms with Crippen LogP contribution in [0.25, 0.3) is 0 Å². The van der Waals surface area contributed by atoms with E-state index >= 15 is 0 Å². The average molecular weight is 479 g/mol. The third-order valence-corrected chi connectivity index (χ3v) is 4.60. The molecule has 2 aromatic rings. The predicted octanol–water partition coefficient (Wildman–Crippen LogP) is 5.63. The number of benzene rings is 2. The third kappa shape index (κ3) is 8.28. The van der Waals surface area contributed by atoms with Crippen LogP contribution in [-0.2, 0) is 17.9 Å². The number of methoxy groups -OCH3 is 1. The van der Waals surface area contributed by atoms with E-state index < -0.39 is 0 Å². The van der Waals surface area contributed by atoms with Crippen molar-refractivity contribution in [3.05, 3.63) is 57.0 Å². The topological polar surface area (TPSA) is 39.7 Å². The standard InChI is InChI=1S/C20H25BrClNO3.ClH/c1-3-25-10-4-9-23-13-16-11-18(21)20(19(12-16)24-2)26-14-15-5-7-17(22)8-6-15;/h5-8,11-12,23H,3-4,9-10,13-14H2,1-2H3;1H. The van der Waals surface area contributed by atoms with Gasteiger partial charge in [-0.15, -0.1) is 12.4 Å². The van der Waals surface area contributed by atoms with Gasteiger partial charge in [0.2, 0.25) is 0 Å². The minimum absolute atomic E-state index is 0. The Morgan fingerprint density at radius 1 is 1.11 bits per heavy atom. The van der Waals surface area contributed by atoms with Crippen LogP contribution in [0, 0.1) is 0 Å². The summed E-state index contributed by atoms with van der Waals surface area (Å²) in [6, 6.07) is 11.7. The summed E-state index contributed by atoms with van der Waals surface area (Å²) in [5, 5.41) is 4.13. The van der Waals surface area contributed by atoms with Crippen molar-refractivity contribution < 1.29 is 14.2 Å². The summed E-state index contributed by atoms with van der Waals surface area (Å²) in [6.07, 6.45) is 0.994. The van der Waals surface area contributed by atoms with E-state index in [1.54, 1.807) is 7.11 Å². The van der Waals surface area contributed by atoms with Crippen LogP contribution in [0.15, 0.2) is 40.9 Å². The molecule has 0 aliphatic rings. The van der Waals surface area contributed by atoms with Crippen LogP contribution in [0.1, 0.15) is 24.5 Å². The van der Waals surface area contributed by atoms with Gasteiger partial charge in [0.1, 0.15) is 6.61 Å². The van der Waals surface area contributed by atoms with Crippen LogP contribution in [0.2, 0.25) is 5.02 Å². The number of ether oxygens (including phenoxy) is 3. The molecule has 0 saturated carbocycles. The first-order valence-electron chi connectivity index (χ1n) is 8.66. The van der Waals surface area contributed by atoms with Crippen molar-refractivity contribution in [1.29, 1.82) is 0 Å². The SMILES string of the molecule is CCOCCCNCc1cc(Br)c(OCc2ccc(Cl)cc2)c(OC)c1.Cl. The fourth-order valence-electron chi connectivity index (χ4n) is 2.43. The fourth-order valence-corrected chi connectivity index (χ4v) is 3.16. The molecule has 7 heteroatoms. The molecule has 0 atom stereocenters. The van der Waals surface area contributed by atoms with E-state index in [1.807, 2.05) is 37.3 Å². The van der Waals surface area contributed by atoms with Gasteiger partial charge in [-0.05, 0) is 71.2 Å². The largest absolute Gasteiger partial charge is 0.493 e. The highest BCUT2D eigenvalue weighted by atomic mass is 79.9. The van der Waals surface area contributed by atoms with Gasteiger partial charge in [-0.2, -0.15) is 0 Å². The zero-order chi connectivity index (χ0) is 18.8. The van der Waals surface area contributed by atoms with E-state index in [2.05, 4.69) is 27.3 Å². The lowest BCUT2D eigenvalue weighted by Gasteiger charge is -2.15. The highest BCUT2D eigenvalue weighted by Crippen LogP contribution is 2.37. The zero-order valence-electron chi connectivity index (χ0n) is 15.6. The monoisotopic (exact) mass is 477 g/mol. The molecule has 2 aromatic carbocycles. The van der Waals surface area contributed by atoms with E-state index in [0.29, 0.717) is 23.1 Å². The van der Waals surface area contributed by atoms with Crippen molar-refractivity contribution in [1.82, 2.24) is 5.32 Å². The van der Waals surface area contributed by atoms with Crippen molar-refractivity contribution in [2.45, 2.75) is 26.5 Å². The van der Waals surface area contributed by atoms with E-state index in [9.17, 15) is 0 Å². The molecule has 2 rings (SSSR count). The first kappa shape index (κ1) is 24.1. The zero-order valence-corrected chi connectivity index (χ0v) is 18.8. The maximum Gasteiger partial charge on any atom is 0.175 e. The van der Waals surface area contributed by atoms with Crippen LogP contribution in [0.3, 0.4) is 0 Å². The Morgan fingerprint density at radius 3 is 2.52 bits per heavy atom. The second-order valence-corrected chi connectivity index (χ2v) is 7.04. The summed E-state index contributed by atoms with van der Waals surface area (Å²) in [5.41, 5.74) is 2.17. The molecule has 0 heterocycles. The Labute approximate surface area is 181 Å². The van der Waals surface area contributed by atoms with Crippen molar-refractivity contribution in [2.75, 3.05) is 26.9 Å². The molecule has 150 valence electrons. The first-order valence-corrected chi connectivity index (χ1v) is 9.83. The van der Waals surface area contributed by atoms with Crippen LogP contribution in [-0.4, -0.2) is 26.9 Å². The summed E-state index contributed by atoms with van der Waals surface area (Å²) in [4.78, 5) is 0. The van der Waals surface area contributed by atoms with E-state index in [-0.39, 0.29) is 12.4 Å². The molecule has 4 nitrogen and oxygen atoms in total. The number of halogens is 3. The summed E-state index contributed by atoms with van der Waals surface area (Å²) >= 11 is 9.51. The molecule has 27 heavy (non-hydrogen) atoms. The summed E-state index contributed by atoms with van der Waals surface area (Å²) in [6.45, 7) is 5.68. The minimum atomic E-state index is 0. The van der Waals surface area contributed by atoms with Crippen molar-refractivity contribution in [2.24, 2.45) is 0 Å². The molecule has 0 unspecified atom stereocenters. The predicted molar refractivity (Wildman–Crippen MR) is 117 cm³/mol. The van der Waals surface area contributed by atoms with E-state index in [0.717, 1.165) is 48.3 Å². The summed E-state index contributed by atoms with van der Waals surface area (Å²) in [7, 11) is 1.65. The van der Waals surface area contributed by atoms with Gasteiger partial charge in [-0.3, -0.25) is 0 Å². The maximum absolute atomic E-state index is 5.96. The van der Waals surface area contributed by atoms with Gasteiger partial charge in [-0.1, -0.05) is 23.7 Å². The lowest BCUT2D eigenvalue weighted by atomic mass is 10.2. The molecule has 0 radical (unpaired) electrons. The van der Waals surface area contributed by atoms with Crippen LogP contribution < -0.4 is 14.8 Å². The first-order chi connectivity index (χ1) is 12.6. The highest BCUT2D eigenvalue weighted by Gasteiger charge is 2.12. The van der Waals surface area contributed by atoms with Gasteiger partial charge < -0.3 is 19.5 Å². The molecule has 0 bridgehead atoms. The van der Waals surface area contributed by atoms with Gasteiger partial charge >= 0.3 is 0 Å². The van der Waals surface area contributed by atoms with Gasteiger partial charge in [0.25, 0.3) is 0 Å². The van der Waals surface area contributed by atoms with Gasteiger partial charge in [0, 0.05) is 24.8 Å². The van der Waals surface area contributed by atoms with Crippen LogP contribution >= 0.6 is 39.9 Å². The van der Waals surface area contributed by atoms with Crippen LogP contribution in [0.5, 0.6) is 11.5 Å². The Kier molecular flexibility index (Phi) is 11.8. The third-order valence-electron chi connectivity index (χ3n) is 3.76. The van der Waals surface area contributed by atoms with Crippen molar-refractivity contribution in [3.63, 3.8) is 0 Å². The van der Waals surface area contributed by atoms with Gasteiger partial charge in [-0.25, -0.2) is 0 Å². The number of nitrogens with one attached hydrogen (secondary N) is 1. The van der Waals surface area contributed by atoms with Crippen molar-refractivity contribution in [3.8, 4) is 11.5 Å². The van der Waals surface area contributed by atoms with Crippen LogP contribution in [0.4, 0.5) is 0 Å². The molecular weight excluding hydrogens is 453 g/mol. The van der Waals surface area contributed by atoms with E-state index in [1.165, 1.54) is 0 Å². The number of hydrogen-bond donors (Lipinski definition) is 1. The molecule has 0 fully saturated rings. The van der Waals surface area contributed by atoms with E-state index in [4.69, 9.17) is 25.8 Å². The number of rotatable bonds is 11. The van der Waals surface area contributed by atoms with Crippen molar-refractivity contribution >= 4 is 39.9 Å². The normalized spacial score (nSPS) is 10.4. The Morgan fingerprint density at radius 2 is 1.85 bits per heavy atom. The molecule has 0 aromatic heterocycles. The fraction of sp³-hybridized carbons (Fsp3) is 0.400. The summed E-state index contributed by atoms with van der Waals surface area (Å²) < 4.78 is 17.7. The average Bonchev–Trinajstić information content (AvgIpc) is 2.64. The lowest BCUT2D eigenvalue weighted by molar-refractivity contribution is 0.144. The van der Waals surface area contributed by atoms with Gasteiger partial charge in [0.05, 0.1) is 11.6 Å². The smallest absolute Gasteiger partial charge is 0.175 e. The maximum atomic E-state index is 5.96. The molecule has 0 aliphatic heterocycles. The molecule has 1 N–H and O–H groups in total. The molecule has 0 spiro atoms. The Balaban J connectivity index is 0.00000364. The highest BCUT2D eigenvalue weighted by molar-refractivity contribution is 9.10.